The Labute approximate surface area is 185 Å². The molecule has 2 aliphatic rings. The van der Waals surface area contributed by atoms with E-state index in [2.05, 4.69) is 20.5 Å². The highest BCUT2D eigenvalue weighted by Crippen LogP contribution is 2.63. The minimum atomic E-state index is -1.64. The fraction of sp³-hybridized carbons (Fsp3) is 0.667. The van der Waals surface area contributed by atoms with Crippen molar-refractivity contribution in [3.8, 4) is 0 Å². The van der Waals surface area contributed by atoms with E-state index in [9.17, 15) is 19.5 Å². The molecule has 6 atom stereocenters. The fourth-order valence-corrected chi connectivity index (χ4v) is 5.59. The van der Waals surface area contributed by atoms with Gasteiger partial charge in [0.25, 0.3) is 0 Å². The highest BCUT2D eigenvalue weighted by atomic mass is 35.5. The van der Waals surface area contributed by atoms with Crippen LogP contribution >= 0.6 is 35.9 Å². The van der Waals surface area contributed by atoms with Gasteiger partial charge in [-0.25, -0.2) is 9.59 Å². The number of hydrogen-bond acceptors (Lipinski definition) is 10. The number of rotatable bonds is 9. The van der Waals surface area contributed by atoms with Gasteiger partial charge in [-0.1, -0.05) is 11.8 Å². The lowest BCUT2D eigenvalue weighted by molar-refractivity contribution is -0.133. The lowest BCUT2D eigenvalue weighted by Gasteiger charge is -2.33. The van der Waals surface area contributed by atoms with Crippen molar-refractivity contribution in [2.24, 2.45) is 17.6 Å². The highest BCUT2D eigenvalue weighted by molar-refractivity contribution is 7.99. The monoisotopic (exact) mass is 483 g/mol. The van der Waals surface area contributed by atoms with Crippen LogP contribution in [0.5, 0.6) is 0 Å². The molecule has 0 unspecified atom stereocenters. The fourth-order valence-electron chi connectivity index (χ4n) is 3.78. The first-order chi connectivity index (χ1) is 13.8. The summed E-state index contributed by atoms with van der Waals surface area (Å²) in [5.41, 5.74) is 4.27. The van der Waals surface area contributed by atoms with Crippen LogP contribution in [0, 0.1) is 11.8 Å². The second kappa shape index (κ2) is 9.94. The Kier molecular flexibility index (Phi) is 8.07. The van der Waals surface area contributed by atoms with Crippen molar-refractivity contribution in [2.75, 3.05) is 12.0 Å². The number of thioether (sulfide) groups is 2. The Morgan fingerprint density at radius 2 is 2.17 bits per heavy atom. The van der Waals surface area contributed by atoms with E-state index in [4.69, 9.17) is 20.3 Å². The number of aromatic amines is 1. The van der Waals surface area contributed by atoms with E-state index in [1.165, 1.54) is 29.9 Å². The van der Waals surface area contributed by atoms with Crippen LogP contribution in [0.1, 0.15) is 12.8 Å². The number of carbonyl (C=O) groups is 3. The second-order valence-corrected chi connectivity index (χ2v) is 8.95. The number of nitrogens with zero attached hydrogens (tertiary/aromatic N) is 2. The maximum absolute atomic E-state index is 12.6. The Hall–Kier alpha value is -1.90. The van der Waals surface area contributed by atoms with Crippen molar-refractivity contribution in [1.29, 1.82) is 0 Å². The number of halogens is 1. The molecule has 1 amide bonds. The van der Waals surface area contributed by atoms with Crippen LogP contribution in [0.4, 0.5) is 9.59 Å². The summed E-state index contributed by atoms with van der Waals surface area (Å²) in [7, 11) is 0. The number of amides is 1. The number of carbonyl (C=O) groups excluding carboxylic acids is 1. The minimum absolute atomic E-state index is 0. The highest BCUT2D eigenvalue weighted by Gasteiger charge is 2.75. The van der Waals surface area contributed by atoms with Crippen LogP contribution in [0.25, 0.3) is 0 Å². The van der Waals surface area contributed by atoms with E-state index in [0.717, 1.165) is 0 Å². The van der Waals surface area contributed by atoms with Crippen molar-refractivity contribution >= 4 is 54.1 Å². The molecule has 0 radical (unpaired) electrons. The normalized spacial score (nSPS) is 29.8. The third-order valence-corrected chi connectivity index (χ3v) is 6.80. The molecule has 12 nitrogen and oxygen atoms in total. The predicted molar refractivity (Wildman–Crippen MR) is 109 cm³/mol. The Bertz CT molecular complexity index is 773. The molecule has 30 heavy (non-hydrogen) atoms. The van der Waals surface area contributed by atoms with Crippen molar-refractivity contribution in [2.45, 2.75) is 41.1 Å². The number of nitrogens with two attached hydrogens (primary N) is 1. The Morgan fingerprint density at radius 3 is 2.73 bits per heavy atom. The van der Waals surface area contributed by atoms with Gasteiger partial charge in [0, 0.05) is 17.6 Å². The zero-order valence-electron chi connectivity index (χ0n) is 15.7. The molecule has 3 rings (SSSR count). The quantitative estimate of drug-likeness (QED) is 0.247. The van der Waals surface area contributed by atoms with E-state index in [0.29, 0.717) is 17.3 Å². The number of H-pyrrole nitrogens is 1. The lowest BCUT2D eigenvalue weighted by atomic mass is 10.1. The first-order valence-corrected chi connectivity index (χ1v) is 11.0. The number of nitrogens with one attached hydrogen (secondary N) is 2. The Balaban J connectivity index is 0.00000320. The van der Waals surface area contributed by atoms with Crippen LogP contribution in [0.15, 0.2) is 11.5 Å². The first-order valence-electron chi connectivity index (χ1n) is 8.68. The van der Waals surface area contributed by atoms with E-state index in [1.54, 1.807) is 0 Å². The molecule has 0 spiro atoms. The van der Waals surface area contributed by atoms with Gasteiger partial charge in [-0.15, -0.1) is 22.6 Å². The lowest BCUT2D eigenvalue weighted by Crippen LogP contribution is -2.57. The smallest absolute Gasteiger partial charge is 0.450 e. The van der Waals surface area contributed by atoms with E-state index >= 15 is 0 Å². The number of fused-ring (bicyclic) bond motifs is 1. The van der Waals surface area contributed by atoms with Gasteiger partial charge in [-0.3, -0.25) is 4.79 Å². The molecule has 6 N–H and O–H groups in total. The number of hydrogen-bond donors (Lipinski definition) is 5. The summed E-state index contributed by atoms with van der Waals surface area (Å²) in [6, 6.07) is -0.853. The van der Waals surface area contributed by atoms with Gasteiger partial charge in [0.2, 0.25) is 5.91 Å². The zero-order chi connectivity index (χ0) is 21.2. The number of ether oxygens (including phenoxy) is 2. The maximum Gasteiger partial charge on any atom is 0.507 e. The number of aromatic nitrogens is 3. The predicted octanol–water partition coefficient (Wildman–Crippen LogP) is 0.988. The van der Waals surface area contributed by atoms with Crippen molar-refractivity contribution in [1.82, 2.24) is 20.5 Å². The molecular weight excluding hydrogens is 462 g/mol. The molecule has 0 aliphatic heterocycles. The van der Waals surface area contributed by atoms with Crippen LogP contribution < -0.4 is 11.1 Å². The van der Waals surface area contributed by atoms with Gasteiger partial charge in [-0.2, -0.15) is 11.8 Å². The summed E-state index contributed by atoms with van der Waals surface area (Å²) < 4.78 is 10.1. The SMILES string of the molecule is CSCC[C@H](N)C(=O)N[C@]1(OC(=O)O)C[C@@H](Sc2nnc[nH]2)[C@H]2[C@H](OC(=O)O)[C@@H]21.Cl. The average molecular weight is 484 g/mol. The molecule has 1 aromatic heterocycles. The first kappa shape index (κ1) is 24.4. The van der Waals surface area contributed by atoms with Gasteiger partial charge < -0.3 is 35.7 Å². The third kappa shape index (κ3) is 5.22. The van der Waals surface area contributed by atoms with E-state index in [1.807, 2.05) is 6.26 Å². The molecular formula is C15H22ClN5O7S2. The third-order valence-electron chi connectivity index (χ3n) is 4.95. The van der Waals surface area contributed by atoms with Crippen LogP contribution in [-0.4, -0.2) is 78.7 Å². The minimum Gasteiger partial charge on any atom is -0.450 e. The molecule has 168 valence electrons. The summed E-state index contributed by atoms with van der Waals surface area (Å²) in [4.78, 5) is 37.9. The Morgan fingerprint density at radius 1 is 1.43 bits per heavy atom. The summed E-state index contributed by atoms with van der Waals surface area (Å²) in [5, 5.41) is 28.7. The van der Waals surface area contributed by atoms with Gasteiger partial charge in [0.05, 0.1) is 12.0 Å². The molecule has 2 fully saturated rings. The number of carboxylic acid groups (broad SMARTS) is 2. The largest absolute Gasteiger partial charge is 0.507 e. The summed E-state index contributed by atoms with van der Waals surface area (Å²) in [6.45, 7) is 0. The van der Waals surface area contributed by atoms with Crippen molar-refractivity contribution in [3.63, 3.8) is 0 Å². The molecule has 1 heterocycles. The summed E-state index contributed by atoms with van der Waals surface area (Å²) >= 11 is 2.78. The van der Waals surface area contributed by atoms with Gasteiger partial charge >= 0.3 is 12.3 Å². The zero-order valence-corrected chi connectivity index (χ0v) is 18.2. The van der Waals surface area contributed by atoms with Crippen LogP contribution in [-0.2, 0) is 14.3 Å². The van der Waals surface area contributed by atoms with Gasteiger partial charge in [-0.05, 0) is 18.4 Å². The molecule has 2 aliphatic carbocycles. The second-order valence-electron chi connectivity index (χ2n) is 6.74. The molecule has 2 saturated carbocycles. The molecule has 0 bridgehead atoms. The van der Waals surface area contributed by atoms with Gasteiger partial charge in [0.1, 0.15) is 12.4 Å². The average Bonchev–Trinajstić information content (AvgIpc) is 2.97. The van der Waals surface area contributed by atoms with Crippen LogP contribution in [0.2, 0.25) is 0 Å². The topological polar surface area (TPSA) is 190 Å². The molecule has 1 aromatic rings. The van der Waals surface area contributed by atoms with Crippen molar-refractivity contribution < 1.29 is 34.1 Å². The van der Waals surface area contributed by atoms with Crippen molar-refractivity contribution in [3.05, 3.63) is 6.33 Å². The van der Waals surface area contributed by atoms with E-state index < -0.39 is 42.0 Å². The van der Waals surface area contributed by atoms with Gasteiger partial charge in [0.15, 0.2) is 10.9 Å². The standard InChI is InChI=1S/C15H21N5O7S2.ClH/c1-28-3-2-6(16)11(21)19-15(27-14(24)25)4-7(29-12-17-5-18-20-12)8-9(15)10(8)26-13(22)23;/h5-10H,2-4,16H2,1H3,(H,19,21)(H,22,23)(H,24,25)(H,17,18,20);1H/t6-,7+,8+,9+,10-,15-;/m0./s1. The molecule has 0 aromatic carbocycles. The summed E-state index contributed by atoms with van der Waals surface area (Å²) in [6.07, 6.45) is -0.113. The maximum atomic E-state index is 12.6. The van der Waals surface area contributed by atoms with Crippen LogP contribution in [0.3, 0.4) is 0 Å². The molecule has 0 saturated heterocycles. The van der Waals surface area contributed by atoms with E-state index in [-0.39, 0.29) is 30.0 Å². The molecule has 15 heteroatoms. The summed E-state index contributed by atoms with van der Waals surface area (Å²) in [5.74, 6) is -0.928.